The molecule has 0 saturated carbocycles. The molecule has 1 saturated heterocycles. The monoisotopic (exact) mass is 373 g/mol. The van der Waals surface area contributed by atoms with E-state index in [2.05, 4.69) is 10.6 Å². The van der Waals surface area contributed by atoms with Crippen molar-refractivity contribution < 1.29 is 9.59 Å². The summed E-state index contributed by atoms with van der Waals surface area (Å²) in [5.41, 5.74) is 2.80. The fourth-order valence-corrected chi connectivity index (χ4v) is 2.91. The van der Waals surface area contributed by atoms with Gasteiger partial charge in [-0.25, -0.2) is 0 Å². The Morgan fingerprint density at radius 1 is 1.00 bits per heavy atom. The van der Waals surface area contributed by atoms with Gasteiger partial charge in [0.2, 0.25) is 0 Å². The molecule has 6 heteroatoms. The first kappa shape index (κ1) is 19.9. The molecule has 1 aliphatic rings. The summed E-state index contributed by atoms with van der Waals surface area (Å²) in [7, 11) is 0. The number of amides is 2. The topological polar surface area (TPSA) is 61.4 Å². The van der Waals surface area contributed by atoms with Crippen LogP contribution in [0.1, 0.15) is 32.7 Å². The quantitative estimate of drug-likeness (QED) is 0.869. The van der Waals surface area contributed by atoms with E-state index < -0.39 is 0 Å². The zero-order valence-corrected chi connectivity index (χ0v) is 15.6. The van der Waals surface area contributed by atoms with Gasteiger partial charge in [-0.05, 0) is 49.7 Å². The van der Waals surface area contributed by atoms with Gasteiger partial charge in [0.25, 0.3) is 11.8 Å². The van der Waals surface area contributed by atoms with Crippen LogP contribution in [0.5, 0.6) is 0 Å². The molecule has 2 N–H and O–H groups in total. The lowest BCUT2D eigenvalue weighted by Gasteiger charge is -2.20. The van der Waals surface area contributed by atoms with E-state index >= 15 is 0 Å². The predicted molar refractivity (Wildman–Crippen MR) is 106 cm³/mol. The number of hydrogen-bond donors (Lipinski definition) is 2. The Bertz CT molecular complexity index is 757. The Balaban J connectivity index is 0.00000243. The SMILES string of the molecule is Cc1ccc(C(=O)N2CCCNCC2)cc1NC(=O)c1ccccc1.Cl. The van der Waals surface area contributed by atoms with Crippen molar-refractivity contribution in [1.82, 2.24) is 10.2 Å². The third kappa shape index (κ3) is 4.84. The summed E-state index contributed by atoms with van der Waals surface area (Å²) < 4.78 is 0. The number of benzene rings is 2. The zero-order chi connectivity index (χ0) is 17.6. The lowest BCUT2D eigenvalue weighted by atomic mass is 10.1. The molecular formula is C20H24ClN3O2. The van der Waals surface area contributed by atoms with Gasteiger partial charge in [0.15, 0.2) is 0 Å². The second-order valence-corrected chi connectivity index (χ2v) is 6.25. The summed E-state index contributed by atoms with van der Waals surface area (Å²) in [5, 5.41) is 6.21. The smallest absolute Gasteiger partial charge is 0.255 e. The van der Waals surface area contributed by atoms with Crippen molar-refractivity contribution in [1.29, 1.82) is 0 Å². The molecule has 0 aromatic heterocycles. The van der Waals surface area contributed by atoms with Crippen LogP contribution in [0.2, 0.25) is 0 Å². The summed E-state index contributed by atoms with van der Waals surface area (Å²) in [6.07, 6.45) is 0.954. The van der Waals surface area contributed by atoms with E-state index in [-0.39, 0.29) is 24.2 Å². The van der Waals surface area contributed by atoms with Crippen molar-refractivity contribution in [2.24, 2.45) is 0 Å². The molecule has 1 aliphatic heterocycles. The van der Waals surface area contributed by atoms with Crippen LogP contribution >= 0.6 is 12.4 Å². The van der Waals surface area contributed by atoms with Crippen molar-refractivity contribution >= 4 is 29.9 Å². The number of carbonyl (C=O) groups excluding carboxylic acids is 2. The fraction of sp³-hybridized carbons (Fsp3) is 0.300. The first-order valence-corrected chi connectivity index (χ1v) is 8.62. The van der Waals surface area contributed by atoms with Crippen molar-refractivity contribution in [3.8, 4) is 0 Å². The third-order valence-electron chi connectivity index (χ3n) is 4.40. The summed E-state index contributed by atoms with van der Waals surface area (Å²) in [4.78, 5) is 27.0. The number of aryl methyl sites for hydroxylation is 1. The minimum atomic E-state index is -0.174. The van der Waals surface area contributed by atoms with Gasteiger partial charge in [0.05, 0.1) is 0 Å². The maximum Gasteiger partial charge on any atom is 0.255 e. The standard InChI is InChI=1S/C20H23N3O2.ClH/c1-15-8-9-17(20(25)23-12-5-10-21-11-13-23)14-18(15)22-19(24)16-6-3-2-4-7-16;/h2-4,6-9,14,21H,5,10-13H2,1H3,(H,22,24);1H. The lowest BCUT2D eigenvalue weighted by Crippen LogP contribution is -2.34. The molecular weight excluding hydrogens is 350 g/mol. The lowest BCUT2D eigenvalue weighted by molar-refractivity contribution is 0.0766. The number of nitrogens with one attached hydrogen (secondary N) is 2. The molecule has 2 aromatic carbocycles. The predicted octanol–water partition coefficient (Wildman–Crippen LogP) is 3.10. The Morgan fingerprint density at radius 2 is 1.77 bits per heavy atom. The van der Waals surface area contributed by atoms with Crippen LogP contribution in [-0.2, 0) is 0 Å². The molecule has 2 aromatic rings. The summed E-state index contributed by atoms with van der Waals surface area (Å²) >= 11 is 0. The highest BCUT2D eigenvalue weighted by Gasteiger charge is 2.18. The minimum Gasteiger partial charge on any atom is -0.337 e. The molecule has 0 spiro atoms. The molecule has 0 atom stereocenters. The van der Waals surface area contributed by atoms with Crippen LogP contribution in [-0.4, -0.2) is 42.9 Å². The number of halogens is 1. The number of hydrogen-bond acceptors (Lipinski definition) is 3. The Kier molecular flexibility index (Phi) is 7.18. The van der Waals surface area contributed by atoms with Gasteiger partial charge < -0.3 is 15.5 Å². The highest BCUT2D eigenvalue weighted by Crippen LogP contribution is 2.19. The van der Waals surface area contributed by atoms with E-state index in [4.69, 9.17) is 0 Å². The van der Waals surface area contributed by atoms with Crippen LogP contribution in [0.25, 0.3) is 0 Å². The van der Waals surface area contributed by atoms with Gasteiger partial charge in [-0.15, -0.1) is 12.4 Å². The van der Waals surface area contributed by atoms with Gasteiger partial charge in [0.1, 0.15) is 0 Å². The average molecular weight is 374 g/mol. The van der Waals surface area contributed by atoms with E-state index in [9.17, 15) is 9.59 Å². The van der Waals surface area contributed by atoms with Gasteiger partial charge in [-0.3, -0.25) is 9.59 Å². The largest absolute Gasteiger partial charge is 0.337 e. The first-order valence-electron chi connectivity index (χ1n) is 8.62. The zero-order valence-electron chi connectivity index (χ0n) is 14.8. The fourth-order valence-electron chi connectivity index (χ4n) is 2.91. The molecule has 138 valence electrons. The molecule has 5 nitrogen and oxygen atoms in total. The molecule has 1 heterocycles. The summed E-state index contributed by atoms with van der Waals surface area (Å²) in [6.45, 7) is 5.14. The highest BCUT2D eigenvalue weighted by molar-refractivity contribution is 6.05. The Morgan fingerprint density at radius 3 is 2.54 bits per heavy atom. The normalized spacial score (nSPS) is 14.1. The number of carbonyl (C=O) groups is 2. The van der Waals surface area contributed by atoms with E-state index in [0.29, 0.717) is 23.4 Å². The van der Waals surface area contributed by atoms with Gasteiger partial charge in [-0.1, -0.05) is 24.3 Å². The number of nitrogens with zero attached hydrogens (tertiary/aromatic N) is 1. The van der Waals surface area contributed by atoms with Crippen LogP contribution < -0.4 is 10.6 Å². The molecule has 0 radical (unpaired) electrons. The van der Waals surface area contributed by atoms with Crippen molar-refractivity contribution in [2.75, 3.05) is 31.5 Å². The second kappa shape index (κ2) is 9.36. The van der Waals surface area contributed by atoms with Crippen molar-refractivity contribution in [3.63, 3.8) is 0 Å². The number of anilines is 1. The molecule has 0 aliphatic carbocycles. The third-order valence-corrected chi connectivity index (χ3v) is 4.40. The maximum atomic E-state index is 12.8. The second-order valence-electron chi connectivity index (χ2n) is 6.25. The van der Waals surface area contributed by atoms with Crippen LogP contribution in [0, 0.1) is 6.92 Å². The van der Waals surface area contributed by atoms with E-state index in [1.165, 1.54) is 0 Å². The van der Waals surface area contributed by atoms with E-state index in [0.717, 1.165) is 31.6 Å². The van der Waals surface area contributed by atoms with E-state index in [1.807, 2.05) is 42.2 Å². The highest BCUT2D eigenvalue weighted by atomic mass is 35.5. The first-order chi connectivity index (χ1) is 12.1. The Hall–Kier alpha value is -2.37. The molecule has 2 amide bonds. The number of rotatable bonds is 3. The van der Waals surface area contributed by atoms with Crippen LogP contribution in [0.3, 0.4) is 0 Å². The molecule has 0 unspecified atom stereocenters. The molecule has 0 bridgehead atoms. The molecule has 26 heavy (non-hydrogen) atoms. The van der Waals surface area contributed by atoms with Gasteiger partial charge in [-0.2, -0.15) is 0 Å². The maximum absolute atomic E-state index is 12.8. The van der Waals surface area contributed by atoms with Gasteiger partial charge >= 0.3 is 0 Å². The summed E-state index contributed by atoms with van der Waals surface area (Å²) in [5.74, 6) is -0.161. The molecule has 3 rings (SSSR count). The van der Waals surface area contributed by atoms with Crippen molar-refractivity contribution in [3.05, 3.63) is 65.2 Å². The van der Waals surface area contributed by atoms with Crippen molar-refractivity contribution in [2.45, 2.75) is 13.3 Å². The van der Waals surface area contributed by atoms with Crippen LogP contribution in [0.15, 0.2) is 48.5 Å². The van der Waals surface area contributed by atoms with E-state index in [1.54, 1.807) is 18.2 Å². The Labute approximate surface area is 160 Å². The summed E-state index contributed by atoms with van der Waals surface area (Å²) in [6, 6.07) is 14.5. The van der Waals surface area contributed by atoms with Crippen LogP contribution in [0.4, 0.5) is 5.69 Å². The minimum absolute atomic E-state index is 0. The van der Waals surface area contributed by atoms with Gasteiger partial charge in [0, 0.05) is 36.4 Å². The average Bonchev–Trinajstić information content (AvgIpc) is 2.93. The molecule has 1 fully saturated rings.